The summed E-state index contributed by atoms with van der Waals surface area (Å²) in [5.41, 5.74) is -1.27. The second-order valence-electron chi connectivity index (χ2n) is 13.1. The van der Waals surface area contributed by atoms with Crippen LogP contribution in [0.5, 0.6) is 0 Å². The molecule has 2 aromatic rings. The van der Waals surface area contributed by atoms with Crippen LogP contribution in [0.1, 0.15) is 40.5 Å². The minimum absolute atomic E-state index is 0.115. The summed E-state index contributed by atoms with van der Waals surface area (Å²) in [6.07, 6.45) is 2.95. The fourth-order valence-corrected chi connectivity index (χ4v) is 14.4. The molecule has 0 aliphatic carbocycles. The lowest BCUT2D eigenvalue weighted by Gasteiger charge is -2.26. The van der Waals surface area contributed by atoms with E-state index in [2.05, 4.69) is 14.0 Å². The lowest BCUT2D eigenvalue weighted by Crippen LogP contribution is -2.37. The van der Waals surface area contributed by atoms with E-state index in [1.165, 1.54) is 24.3 Å². The van der Waals surface area contributed by atoms with Gasteiger partial charge in [-0.1, -0.05) is 36.4 Å². The number of methoxy groups -OCH3 is 1. The van der Waals surface area contributed by atoms with Crippen LogP contribution < -0.4 is 0 Å². The van der Waals surface area contributed by atoms with Gasteiger partial charge in [-0.05, 0) is 64.8 Å². The van der Waals surface area contributed by atoms with Crippen molar-refractivity contribution >= 4 is 45.0 Å². The fourth-order valence-electron chi connectivity index (χ4n) is 5.41. The molecule has 0 radical (unpaired) electrons. The lowest BCUT2D eigenvalue weighted by molar-refractivity contribution is 0.0340. The number of hydrogen-bond donors (Lipinski definition) is 1. The number of aliphatic hydroxyl groups is 1. The highest BCUT2D eigenvalue weighted by atomic mass is 32.2. The van der Waals surface area contributed by atoms with Gasteiger partial charge in [0.1, 0.15) is 0 Å². The highest BCUT2D eigenvalue weighted by molar-refractivity contribution is 7.98. The Kier molecular flexibility index (Phi) is 33.7. The van der Waals surface area contributed by atoms with E-state index in [0.29, 0.717) is 0 Å². The van der Waals surface area contributed by atoms with Crippen LogP contribution in [-0.2, 0) is 75.4 Å². The molecule has 0 unspecified atom stereocenters. The maximum Gasteiger partial charge on any atom is 0.346 e. The SMILES string of the molecule is CCOP(=O)(CS(=O)(=O)c1ccccc1)OCC.CCOP(=O)(CS(=O)(=O)c1ccccc1)OCC.CO.COCCCN1CCOCC1.CS(=O)(=O)OCCCN1CCOCC1. The van der Waals surface area contributed by atoms with Gasteiger partial charge < -0.3 is 37.4 Å². The molecule has 0 saturated carbocycles. The van der Waals surface area contributed by atoms with Crippen molar-refractivity contribution in [1.82, 2.24) is 9.80 Å². The standard InChI is InChI=1S/2C11H17O5PS.C8H17NO4S.C8H17NO2.CH4O/c2*1-3-15-17(12,16-4-2)10-18(13,14)11-8-6-5-7-9-11;1-14(10,11)13-6-2-3-9-4-7-12-8-5-9;1-10-6-2-3-9-4-7-11-8-5-9;1-2/h2*5-9H,3-4,10H2,1-2H3;2-8H2,1H3;2-8H2,1H3;2H,1H3. The lowest BCUT2D eigenvalue weighted by atomic mass is 10.3. The van der Waals surface area contributed by atoms with Gasteiger partial charge in [-0.15, -0.1) is 0 Å². The Morgan fingerprint density at radius 1 is 0.571 bits per heavy atom. The summed E-state index contributed by atoms with van der Waals surface area (Å²) >= 11 is 0. The average molecular weight is 999 g/mol. The quantitative estimate of drug-likeness (QED) is 0.0874. The van der Waals surface area contributed by atoms with Crippen molar-refractivity contribution in [1.29, 1.82) is 0 Å². The van der Waals surface area contributed by atoms with Crippen molar-refractivity contribution in [3.63, 3.8) is 0 Å². The van der Waals surface area contributed by atoms with Crippen LogP contribution in [0.3, 0.4) is 0 Å². The third-order valence-electron chi connectivity index (χ3n) is 8.11. The topological polar surface area (TPSA) is 237 Å². The van der Waals surface area contributed by atoms with E-state index in [9.17, 15) is 34.4 Å². The second-order valence-corrected chi connectivity index (χ2v) is 23.7. The Morgan fingerprint density at radius 2 is 0.889 bits per heavy atom. The van der Waals surface area contributed by atoms with Gasteiger partial charge in [-0.2, -0.15) is 8.42 Å². The average Bonchev–Trinajstić information content (AvgIpc) is 3.25. The zero-order valence-corrected chi connectivity index (χ0v) is 42.1. The Bertz CT molecular complexity index is 1750. The second kappa shape index (κ2) is 34.6. The van der Waals surface area contributed by atoms with Crippen molar-refractivity contribution in [3.8, 4) is 0 Å². The normalized spacial score (nSPS) is 15.2. The summed E-state index contributed by atoms with van der Waals surface area (Å²) < 4.78 is 134. The largest absolute Gasteiger partial charge is 0.400 e. The van der Waals surface area contributed by atoms with E-state index in [4.69, 9.17) is 37.4 Å². The number of ether oxygens (including phenoxy) is 3. The molecule has 24 heteroatoms. The van der Waals surface area contributed by atoms with Crippen molar-refractivity contribution in [3.05, 3.63) is 60.7 Å². The summed E-state index contributed by atoms with van der Waals surface area (Å²) in [4.78, 5) is 4.90. The first kappa shape index (κ1) is 61.3. The molecule has 0 atom stereocenters. The smallest absolute Gasteiger partial charge is 0.346 e. The van der Waals surface area contributed by atoms with Gasteiger partial charge in [-0.25, -0.2) is 16.8 Å². The molecule has 0 aromatic heterocycles. The summed E-state index contributed by atoms with van der Waals surface area (Å²) in [5, 5.41) is 7.00. The maximum atomic E-state index is 12.2. The van der Waals surface area contributed by atoms with E-state index in [1.54, 1.807) is 71.2 Å². The number of benzene rings is 2. The zero-order valence-electron chi connectivity index (χ0n) is 37.9. The summed E-state index contributed by atoms with van der Waals surface area (Å²) in [6, 6.07) is 15.7. The number of aliphatic hydroxyl groups excluding tert-OH is 1. The molecule has 2 heterocycles. The van der Waals surface area contributed by atoms with Gasteiger partial charge >= 0.3 is 15.2 Å². The van der Waals surface area contributed by atoms with Crippen LogP contribution >= 0.6 is 15.2 Å². The van der Waals surface area contributed by atoms with Crippen LogP contribution in [-0.4, -0.2) is 177 Å². The zero-order chi connectivity index (χ0) is 47.7. The molecule has 4 rings (SSSR count). The molecule has 0 bridgehead atoms. The predicted octanol–water partition coefficient (Wildman–Crippen LogP) is 5.02. The van der Waals surface area contributed by atoms with Gasteiger partial charge in [0.05, 0.1) is 75.5 Å². The third-order valence-corrected chi connectivity index (χ3v) is 18.5. The van der Waals surface area contributed by atoms with Crippen LogP contribution in [0.15, 0.2) is 70.5 Å². The molecule has 368 valence electrons. The van der Waals surface area contributed by atoms with Crippen LogP contribution in [0, 0.1) is 0 Å². The molecule has 2 saturated heterocycles. The molecule has 2 aliphatic heterocycles. The van der Waals surface area contributed by atoms with Crippen LogP contribution in [0.2, 0.25) is 0 Å². The van der Waals surface area contributed by atoms with Gasteiger partial charge in [0, 0.05) is 60.1 Å². The highest BCUT2D eigenvalue weighted by Crippen LogP contribution is 2.51. The van der Waals surface area contributed by atoms with Gasteiger partial charge in [0.2, 0.25) is 0 Å². The molecule has 19 nitrogen and oxygen atoms in total. The molecule has 2 fully saturated rings. The minimum atomic E-state index is -3.68. The number of nitrogens with zero attached hydrogens (tertiary/aromatic N) is 2. The van der Waals surface area contributed by atoms with Crippen molar-refractivity contribution in [2.75, 3.05) is 137 Å². The van der Waals surface area contributed by atoms with E-state index < -0.39 is 56.0 Å². The van der Waals surface area contributed by atoms with Gasteiger partial charge in [-0.3, -0.25) is 23.1 Å². The molecule has 2 aliphatic rings. The predicted molar refractivity (Wildman–Crippen MR) is 243 cm³/mol. The summed E-state index contributed by atoms with van der Waals surface area (Å²) in [7, 11) is -15.1. The number of morpholine rings is 2. The first-order chi connectivity index (χ1) is 29.9. The Balaban J connectivity index is 0.000000814. The van der Waals surface area contributed by atoms with Crippen LogP contribution in [0.4, 0.5) is 0 Å². The number of rotatable bonds is 23. The minimum Gasteiger partial charge on any atom is -0.400 e. The molecular weight excluding hydrogens is 927 g/mol. The highest BCUT2D eigenvalue weighted by Gasteiger charge is 2.33. The van der Waals surface area contributed by atoms with Crippen molar-refractivity contribution < 1.29 is 76.0 Å². The van der Waals surface area contributed by atoms with Crippen LogP contribution in [0.25, 0.3) is 0 Å². The monoisotopic (exact) mass is 998 g/mol. The first-order valence-corrected chi connectivity index (χ1v) is 29.2. The molecule has 63 heavy (non-hydrogen) atoms. The maximum absolute atomic E-state index is 12.2. The Labute approximate surface area is 377 Å². The molecule has 2 aromatic carbocycles. The van der Waals surface area contributed by atoms with E-state index in [1.807, 2.05) is 0 Å². The number of hydrogen-bond acceptors (Lipinski definition) is 19. The summed E-state index contributed by atoms with van der Waals surface area (Å²) in [6.45, 7) is 17.7. The Hall–Kier alpha value is -1.69. The van der Waals surface area contributed by atoms with Gasteiger partial charge in [0.25, 0.3) is 10.1 Å². The summed E-state index contributed by atoms with van der Waals surface area (Å²) in [5.74, 6) is 0. The van der Waals surface area contributed by atoms with Gasteiger partial charge in [0.15, 0.2) is 30.7 Å². The fraction of sp³-hybridized carbons (Fsp3) is 0.692. The van der Waals surface area contributed by atoms with E-state index >= 15 is 0 Å². The molecule has 0 amide bonds. The first-order valence-electron chi connectivity index (χ1n) is 20.6. The Morgan fingerprint density at radius 3 is 1.17 bits per heavy atom. The van der Waals surface area contributed by atoms with E-state index in [-0.39, 0.29) is 42.8 Å². The van der Waals surface area contributed by atoms with E-state index in [0.717, 1.165) is 98.5 Å². The van der Waals surface area contributed by atoms with Crippen molar-refractivity contribution in [2.45, 2.75) is 50.3 Å². The molecule has 1 N–H and O–H groups in total. The molecular formula is C39H72N2O17P2S3. The third kappa shape index (κ3) is 29.5. The van der Waals surface area contributed by atoms with Crippen molar-refractivity contribution in [2.24, 2.45) is 0 Å². The molecule has 0 spiro atoms. The number of sulfone groups is 2.